The molecule has 2 heterocycles. The van der Waals surface area contributed by atoms with Gasteiger partial charge in [0.25, 0.3) is 0 Å². The van der Waals surface area contributed by atoms with E-state index in [1.54, 1.807) is 11.0 Å². The third-order valence-corrected chi connectivity index (χ3v) is 3.90. The molecule has 0 radical (unpaired) electrons. The Kier molecular flexibility index (Phi) is 2.28. The van der Waals surface area contributed by atoms with Gasteiger partial charge >= 0.3 is 0 Å². The highest BCUT2D eigenvalue weighted by molar-refractivity contribution is 5.86. The van der Waals surface area contributed by atoms with E-state index in [-0.39, 0.29) is 5.54 Å². The van der Waals surface area contributed by atoms with Gasteiger partial charge in [0.15, 0.2) is 5.65 Å². The summed E-state index contributed by atoms with van der Waals surface area (Å²) in [4.78, 5) is 8.61. The van der Waals surface area contributed by atoms with E-state index in [9.17, 15) is 0 Å². The zero-order chi connectivity index (χ0) is 11.9. The first-order valence-electron chi connectivity index (χ1n) is 6.15. The van der Waals surface area contributed by atoms with Crippen LogP contribution in [0.15, 0.2) is 12.5 Å². The number of rotatable bonds is 3. The molecule has 0 amide bonds. The van der Waals surface area contributed by atoms with Crippen molar-refractivity contribution in [2.75, 3.05) is 5.32 Å². The van der Waals surface area contributed by atoms with Crippen LogP contribution in [0.25, 0.3) is 11.0 Å². The molecule has 0 aromatic carbocycles. The van der Waals surface area contributed by atoms with Gasteiger partial charge in [-0.3, -0.25) is 4.68 Å². The van der Waals surface area contributed by atoms with Crippen molar-refractivity contribution in [1.29, 1.82) is 0 Å². The second-order valence-corrected chi connectivity index (χ2v) is 4.84. The zero-order valence-electron chi connectivity index (χ0n) is 10.3. The molecule has 90 valence electrons. The summed E-state index contributed by atoms with van der Waals surface area (Å²) in [5, 5.41) is 8.83. The molecule has 0 unspecified atom stereocenters. The van der Waals surface area contributed by atoms with Crippen LogP contribution in [0.2, 0.25) is 0 Å². The third-order valence-electron chi connectivity index (χ3n) is 3.90. The first-order valence-corrected chi connectivity index (χ1v) is 6.15. The van der Waals surface area contributed by atoms with Gasteiger partial charge in [-0.05, 0) is 25.7 Å². The monoisotopic (exact) mass is 231 g/mol. The zero-order valence-corrected chi connectivity index (χ0v) is 10.3. The lowest BCUT2D eigenvalue weighted by atomic mass is 9.75. The Morgan fingerprint density at radius 1 is 1.41 bits per heavy atom. The maximum absolute atomic E-state index is 4.36. The largest absolute Gasteiger partial charge is 0.364 e. The van der Waals surface area contributed by atoms with Gasteiger partial charge in [-0.25, -0.2) is 9.97 Å². The predicted octanol–water partition coefficient (Wildman–Crippen LogP) is 2.11. The van der Waals surface area contributed by atoms with Crippen LogP contribution in [-0.4, -0.2) is 25.3 Å². The minimum atomic E-state index is 0.247. The van der Waals surface area contributed by atoms with E-state index in [1.165, 1.54) is 19.3 Å². The number of anilines is 1. The molecule has 2 aromatic heterocycles. The fourth-order valence-corrected chi connectivity index (χ4v) is 2.48. The van der Waals surface area contributed by atoms with Crippen LogP contribution in [0.1, 0.15) is 32.6 Å². The van der Waals surface area contributed by atoms with Crippen molar-refractivity contribution >= 4 is 16.9 Å². The lowest BCUT2D eigenvalue weighted by molar-refractivity contribution is 0.269. The second-order valence-electron chi connectivity index (χ2n) is 4.84. The van der Waals surface area contributed by atoms with Crippen molar-refractivity contribution in [3.8, 4) is 0 Å². The molecular formula is C12H17N5. The van der Waals surface area contributed by atoms with Crippen LogP contribution < -0.4 is 5.32 Å². The first-order chi connectivity index (χ1) is 8.24. The average molecular weight is 231 g/mol. The highest BCUT2D eigenvalue weighted by Crippen LogP contribution is 2.38. The topological polar surface area (TPSA) is 55.6 Å². The molecule has 1 N–H and O–H groups in total. The van der Waals surface area contributed by atoms with Crippen molar-refractivity contribution in [3.63, 3.8) is 0 Å². The van der Waals surface area contributed by atoms with Crippen molar-refractivity contribution in [1.82, 2.24) is 19.7 Å². The van der Waals surface area contributed by atoms with Gasteiger partial charge in [0.05, 0.1) is 11.6 Å². The number of aryl methyl sites for hydroxylation is 1. The molecule has 0 saturated heterocycles. The molecule has 5 heteroatoms. The fraction of sp³-hybridized carbons (Fsp3) is 0.583. The van der Waals surface area contributed by atoms with Crippen LogP contribution in [0.4, 0.5) is 5.82 Å². The standard InChI is InChI=1S/C12H17N5/c1-3-12(5-4-6-12)16-10-9-7-15-17(2)11(9)14-8-13-10/h7-8H,3-6H2,1-2H3,(H,13,14,16). The van der Waals surface area contributed by atoms with E-state index < -0.39 is 0 Å². The van der Waals surface area contributed by atoms with Gasteiger partial charge in [0, 0.05) is 12.6 Å². The fourth-order valence-electron chi connectivity index (χ4n) is 2.48. The minimum Gasteiger partial charge on any atom is -0.364 e. The minimum absolute atomic E-state index is 0.247. The van der Waals surface area contributed by atoms with Crippen molar-refractivity contribution < 1.29 is 0 Å². The van der Waals surface area contributed by atoms with Crippen LogP contribution in [-0.2, 0) is 7.05 Å². The Hall–Kier alpha value is -1.65. The molecule has 0 bridgehead atoms. The van der Waals surface area contributed by atoms with E-state index in [4.69, 9.17) is 0 Å². The van der Waals surface area contributed by atoms with Crippen molar-refractivity contribution in [3.05, 3.63) is 12.5 Å². The summed E-state index contributed by atoms with van der Waals surface area (Å²) in [6, 6.07) is 0. The second kappa shape index (κ2) is 3.68. The van der Waals surface area contributed by atoms with E-state index in [2.05, 4.69) is 27.3 Å². The molecule has 3 rings (SSSR count). The Bertz CT molecular complexity index is 535. The molecular weight excluding hydrogens is 214 g/mol. The predicted molar refractivity (Wildman–Crippen MR) is 66.8 cm³/mol. The summed E-state index contributed by atoms with van der Waals surface area (Å²) in [6.07, 6.45) is 8.35. The number of nitrogens with one attached hydrogen (secondary N) is 1. The molecule has 0 aliphatic heterocycles. The third kappa shape index (κ3) is 1.57. The lowest BCUT2D eigenvalue weighted by Gasteiger charge is -2.42. The van der Waals surface area contributed by atoms with Gasteiger partial charge in [0.1, 0.15) is 12.1 Å². The summed E-state index contributed by atoms with van der Waals surface area (Å²) in [5.41, 5.74) is 1.13. The van der Waals surface area contributed by atoms with Crippen molar-refractivity contribution in [2.45, 2.75) is 38.1 Å². The Morgan fingerprint density at radius 3 is 2.88 bits per heavy atom. The molecule has 2 aromatic rings. The molecule has 1 fully saturated rings. The summed E-state index contributed by atoms with van der Waals surface area (Å²) in [5.74, 6) is 0.921. The SMILES string of the molecule is CCC1(Nc2ncnc3c2cnn3C)CCC1. The van der Waals surface area contributed by atoms with Crippen LogP contribution >= 0.6 is 0 Å². The van der Waals surface area contributed by atoms with E-state index in [0.717, 1.165) is 23.3 Å². The smallest absolute Gasteiger partial charge is 0.163 e. The highest BCUT2D eigenvalue weighted by atomic mass is 15.3. The van der Waals surface area contributed by atoms with E-state index in [0.29, 0.717) is 0 Å². The Labute approximate surface area is 100 Å². The van der Waals surface area contributed by atoms with Crippen LogP contribution in [0.3, 0.4) is 0 Å². The van der Waals surface area contributed by atoms with Gasteiger partial charge in [-0.2, -0.15) is 5.10 Å². The Balaban J connectivity index is 2.00. The van der Waals surface area contributed by atoms with E-state index >= 15 is 0 Å². The summed E-state index contributed by atoms with van der Waals surface area (Å²) < 4.78 is 1.78. The van der Waals surface area contributed by atoms with E-state index in [1.807, 2.05) is 13.2 Å². The molecule has 1 aliphatic rings. The van der Waals surface area contributed by atoms with Gasteiger partial charge < -0.3 is 5.32 Å². The normalized spacial score (nSPS) is 18.0. The highest BCUT2D eigenvalue weighted by Gasteiger charge is 2.35. The van der Waals surface area contributed by atoms with Gasteiger partial charge in [-0.15, -0.1) is 0 Å². The van der Waals surface area contributed by atoms with Crippen LogP contribution in [0, 0.1) is 0 Å². The number of hydrogen-bond acceptors (Lipinski definition) is 4. The maximum Gasteiger partial charge on any atom is 0.163 e. The average Bonchev–Trinajstić information content (AvgIpc) is 2.67. The summed E-state index contributed by atoms with van der Waals surface area (Å²) >= 11 is 0. The quantitative estimate of drug-likeness (QED) is 0.879. The summed E-state index contributed by atoms with van der Waals surface area (Å²) in [7, 11) is 1.90. The maximum atomic E-state index is 4.36. The van der Waals surface area contributed by atoms with Crippen molar-refractivity contribution in [2.24, 2.45) is 7.05 Å². The number of aromatic nitrogens is 4. The number of fused-ring (bicyclic) bond motifs is 1. The lowest BCUT2D eigenvalue weighted by Crippen LogP contribution is -2.44. The first kappa shape index (κ1) is 10.5. The molecule has 0 spiro atoms. The van der Waals surface area contributed by atoms with Gasteiger partial charge in [-0.1, -0.05) is 6.92 Å². The molecule has 17 heavy (non-hydrogen) atoms. The molecule has 1 saturated carbocycles. The van der Waals surface area contributed by atoms with Gasteiger partial charge in [0.2, 0.25) is 0 Å². The molecule has 0 atom stereocenters. The molecule has 5 nitrogen and oxygen atoms in total. The summed E-state index contributed by atoms with van der Waals surface area (Å²) in [6.45, 7) is 2.23. The van der Waals surface area contributed by atoms with Crippen LogP contribution in [0.5, 0.6) is 0 Å². The molecule has 1 aliphatic carbocycles. The Morgan fingerprint density at radius 2 is 2.24 bits per heavy atom. The number of hydrogen-bond donors (Lipinski definition) is 1. The number of nitrogens with zero attached hydrogens (tertiary/aromatic N) is 4.